The van der Waals surface area contributed by atoms with Gasteiger partial charge in [-0.2, -0.15) is 0 Å². The summed E-state index contributed by atoms with van der Waals surface area (Å²) in [5.74, 6) is -2.10. The molecule has 292 valence electrons. The van der Waals surface area contributed by atoms with Gasteiger partial charge in [0.2, 0.25) is 17.7 Å². The van der Waals surface area contributed by atoms with Crippen molar-refractivity contribution in [3.63, 3.8) is 0 Å². The van der Waals surface area contributed by atoms with Crippen LogP contribution in [-0.2, 0) is 36.8 Å². The van der Waals surface area contributed by atoms with E-state index in [-0.39, 0.29) is 37.3 Å². The molecule has 55 heavy (non-hydrogen) atoms. The van der Waals surface area contributed by atoms with Gasteiger partial charge in [0.25, 0.3) is 0 Å². The van der Waals surface area contributed by atoms with Gasteiger partial charge in [-0.1, -0.05) is 67.1 Å². The Bertz CT molecular complexity index is 1820. The number of carboxylic acid groups (broad SMARTS) is 1. The van der Waals surface area contributed by atoms with E-state index in [1.165, 1.54) is 22.7 Å². The number of benzene rings is 2. The number of unbranched alkanes of at least 4 members (excludes halogenated alkanes) is 3. The lowest BCUT2D eigenvalue weighted by Crippen LogP contribution is -2.52. The Balaban J connectivity index is 1.11. The Hall–Kier alpha value is -5.05. The highest BCUT2D eigenvalue weighted by Crippen LogP contribution is 2.44. The number of carbonyl (C=O) groups is 5. The summed E-state index contributed by atoms with van der Waals surface area (Å²) >= 11 is 3.00. The molecule has 7 N–H and O–H groups in total. The van der Waals surface area contributed by atoms with Crippen LogP contribution in [0.4, 0.5) is 4.79 Å². The quantitative estimate of drug-likeness (QED) is 0.0574. The highest BCUT2D eigenvalue weighted by Gasteiger charge is 2.30. The minimum absolute atomic E-state index is 0.0749. The average Bonchev–Trinajstić information content (AvgIpc) is 3.96. The van der Waals surface area contributed by atoms with Crippen molar-refractivity contribution in [2.24, 2.45) is 5.73 Å². The van der Waals surface area contributed by atoms with Crippen LogP contribution >= 0.6 is 22.7 Å². The summed E-state index contributed by atoms with van der Waals surface area (Å²) in [6.07, 6.45) is 3.16. The molecule has 4 aromatic rings. The zero-order valence-electron chi connectivity index (χ0n) is 30.7. The molecule has 0 fully saturated rings. The SMILES string of the molecule is NC(Cc1cccs1)C(=O)NC(CCCCNC(=O)C(Cc1cccs1)NC(=O)OCC1c2ccccc2-c2ccccc21)C(=O)NCCCCCC(=O)O. The van der Waals surface area contributed by atoms with Crippen molar-refractivity contribution in [1.82, 2.24) is 21.3 Å². The van der Waals surface area contributed by atoms with Crippen molar-refractivity contribution in [2.75, 3.05) is 19.7 Å². The van der Waals surface area contributed by atoms with E-state index in [0.717, 1.165) is 32.0 Å². The molecule has 2 aromatic carbocycles. The van der Waals surface area contributed by atoms with E-state index in [9.17, 15) is 24.0 Å². The molecule has 14 heteroatoms. The minimum atomic E-state index is -0.868. The van der Waals surface area contributed by atoms with Gasteiger partial charge >= 0.3 is 12.1 Å². The first-order valence-electron chi connectivity index (χ1n) is 18.7. The van der Waals surface area contributed by atoms with Crippen LogP contribution < -0.4 is 27.0 Å². The maximum atomic E-state index is 13.4. The average molecular weight is 788 g/mol. The molecule has 5 rings (SSSR count). The molecule has 0 bridgehead atoms. The number of nitrogens with two attached hydrogens (primary N) is 1. The Labute approximate surface area is 329 Å². The number of rotatable bonds is 22. The number of alkyl carbamates (subject to hydrolysis) is 1. The monoisotopic (exact) mass is 787 g/mol. The lowest BCUT2D eigenvalue weighted by atomic mass is 9.98. The van der Waals surface area contributed by atoms with Gasteiger partial charge in [0, 0.05) is 48.0 Å². The van der Waals surface area contributed by atoms with Crippen LogP contribution in [-0.4, -0.2) is 72.7 Å². The lowest BCUT2D eigenvalue weighted by Gasteiger charge is -2.21. The number of ether oxygens (including phenoxy) is 1. The van der Waals surface area contributed by atoms with Gasteiger partial charge in [-0.25, -0.2) is 4.79 Å². The van der Waals surface area contributed by atoms with Gasteiger partial charge < -0.3 is 36.8 Å². The Morgan fingerprint density at radius 1 is 0.673 bits per heavy atom. The molecule has 12 nitrogen and oxygen atoms in total. The second-order valence-electron chi connectivity index (χ2n) is 13.5. The summed E-state index contributed by atoms with van der Waals surface area (Å²) < 4.78 is 5.73. The van der Waals surface area contributed by atoms with Crippen LogP contribution in [0.15, 0.2) is 83.6 Å². The summed E-state index contributed by atoms with van der Waals surface area (Å²) in [7, 11) is 0. The Kier molecular flexibility index (Phi) is 15.8. The maximum absolute atomic E-state index is 13.4. The Morgan fingerprint density at radius 2 is 1.25 bits per heavy atom. The van der Waals surface area contributed by atoms with Gasteiger partial charge in [-0.3, -0.25) is 19.2 Å². The molecule has 0 spiro atoms. The smallest absolute Gasteiger partial charge is 0.407 e. The van der Waals surface area contributed by atoms with Crippen molar-refractivity contribution in [1.29, 1.82) is 0 Å². The molecule has 1 aliphatic rings. The van der Waals surface area contributed by atoms with Crippen LogP contribution in [0.2, 0.25) is 0 Å². The molecule has 0 saturated heterocycles. The first-order valence-corrected chi connectivity index (χ1v) is 20.4. The zero-order chi connectivity index (χ0) is 39.0. The molecule has 0 aliphatic heterocycles. The predicted molar refractivity (Wildman–Crippen MR) is 214 cm³/mol. The normalized spacial score (nSPS) is 13.5. The molecule has 3 atom stereocenters. The summed E-state index contributed by atoms with van der Waals surface area (Å²) in [5, 5.41) is 24.0. The second-order valence-corrected chi connectivity index (χ2v) is 15.6. The first kappa shape index (κ1) is 41.1. The number of nitrogens with one attached hydrogen (secondary N) is 4. The number of carboxylic acids is 1. The molecule has 0 saturated carbocycles. The number of aliphatic carboxylic acids is 1. The molecule has 2 aromatic heterocycles. The van der Waals surface area contributed by atoms with E-state index >= 15 is 0 Å². The van der Waals surface area contributed by atoms with E-state index in [1.54, 1.807) is 0 Å². The van der Waals surface area contributed by atoms with Crippen molar-refractivity contribution in [2.45, 2.75) is 81.8 Å². The third kappa shape index (κ3) is 12.5. The molecule has 4 amide bonds. The van der Waals surface area contributed by atoms with E-state index in [4.69, 9.17) is 15.6 Å². The van der Waals surface area contributed by atoms with Crippen LogP contribution in [0, 0.1) is 0 Å². The highest BCUT2D eigenvalue weighted by molar-refractivity contribution is 7.10. The molecule has 2 heterocycles. The number of hydrogen-bond acceptors (Lipinski definition) is 9. The fraction of sp³-hybridized carbons (Fsp3) is 0.390. The lowest BCUT2D eigenvalue weighted by molar-refractivity contribution is -0.137. The summed E-state index contributed by atoms with van der Waals surface area (Å²) in [5.41, 5.74) is 10.6. The van der Waals surface area contributed by atoms with Crippen molar-refractivity contribution >= 4 is 52.5 Å². The number of hydrogen-bond donors (Lipinski definition) is 6. The Morgan fingerprint density at radius 3 is 1.85 bits per heavy atom. The van der Waals surface area contributed by atoms with E-state index in [0.29, 0.717) is 57.9 Å². The van der Waals surface area contributed by atoms with Crippen molar-refractivity contribution in [3.05, 3.63) is 104 Å². The van der Waals surface area contributed by atoms with Gasteiger partial charge in [0.15, 0.2) is 0 Å². The topological polar surface area (TPSA) is 189 Å². The number of amides is 4. The minimum Gasteiger partial charge on any atom is -0.481 e. The fourth-order valence-corrected chi connectivity index (χ4v) is 8.15. The van der Waals surface area contributed by atoms with E-state index in [2.05, 4.69) is 33.4 Å². The molecule has 1 aliphatic carbocycles. The molecular weight excluding hydrogens is 739 g/mol. The largest absolute Gasteiger partial charge is 0.481 e. The van der Waals surface area contributed by atoms with E-state index in [1.807, 2.05) is 71.4 Å². The van der Waals surface area contributed by atoms with Crippen molar-refractivity contribution < 1.29 is 33.8 Å². The number of carbonyl (C=O) groups excluding carboxylic acids is 4. The molecular formula is C41H49N5O7S2. The second kappa shape index (κ2) is 21.1. The summed E-state index contributed by atoms with van der Waals surface area (Å²) in [6.45, 7) is 0.766. The highest BCUT2D eigenvalue weighted by atomic mass is 32.1. The first-order chi connectivity index (χ1) is 26.7. The number of thiophene rings is 2. The third-order valence-corrected chi connectivity index (χ3v) is 11.3. The summed E-state index contributed by atoms with van der Waals surface area (Å²) in [4.78, 5) is 65.4. The van der Waals surface area contributed by atoms with Crippen molar-refractivity contribution in [3.8, 4) is 11.1 Å². The summed E-state index contributed by atoms with van der Waals surface area (Å²) in [6, 6.07) is 21.2. The van der Waals surface area contributed by atoms with Gasteiger partial charge in [0.05, 0.1) is 6.04 Å². The predicted octanol–water partition coefficient (Wildman–Crippen LogP) is 5.36. The van der Waals surface area contributed by atoms with Gasteiger partial charge in [-0.05, 0) is 77.3 Å². The molecule has 0 radical (unpaired) electrons. The van der Waals surface area contributed by atoms with E-state index < -0.39 is 36.1 Å². The van der Waals surface area contributed by atoms with Crippen LogP contribution in [0.25, 0.3) is 11.1 Å². The van der Waals surface area contributed by atoms with Gasteiger partial charge in [-0.15, -0.1) is 22.7 Å². The van der Waals surface area contributed by atoms with Gasteiger partial charge in [0.1, 0.15) is 18.7 Å². The number of fused-ring (bicyclic) bond motifs is 3. The van der Waals surface area contributed by atoms with Crippen LogP contribution in [0.5, 0.6) is 0 Å². The fourth-order valence-electron chi connectivity index (χ4n) is 6.63. The standard InChI is InChI=1S/C41H49N5O7S2/c42-34(24-27-12-10-22-54-27)38(49)45-35(39(50)43-20-8-1-2-19-37(47)48)18-7-9-21-44-40(51)36(25-28-13-11-23-55-28)46-41(52)53-26-33-31-16-5-3-14-29(31)30-15-4-6-17-32(30)33/h3-6,10-17,22-23,33-36H,1-2,7-9,18-21,24-26,42H2,(H,43,50)(H,44,51)(H,45,49)(H,46,52)(H,47,48). The molecule has 3 unspecified atom stereocenters. The third-order valence-electron chi connectivity index (χ3n) is 9.49. The zero-order valence-corrected chi connectivity index (χ0v) is 32.3. The van der Waals surface area contributed by atoms with Crippen LogP contribution in [0.1, 0.15) is 71.7 Å². The maximum Gasteiger partial charge on any atom is 0.407 e. The van der Waals surface area contributed by atoms with Crippen LogP contribution in [0.3, 0.4) is 0 Å².